The molecule has 0 unspecified atom stereocenters. The van der Waals surface area contributed by atoms with Crippen molar-refractivity contribution in [2.45, 2.75) is 0 Å². The Morgan fingerprint density at radius 3 is 2.50 bits per heavy atom. The average molecular weight is 328 g/mol. The minimum Gasteiger partial charge on any atom is -0.493 e. The highest BCUT2D eigenvalue weighted by molar-refractivity contribution is 6.20. The number of methoxy groups -OCH3 is 2. The molecule has 0 saturated heterocycles. The van der Waals surface area contributed by atoms with E-state index in [2.05, 4.69) is 0 Å². The van der Waals surface area contributed by atoms with Crippen molar-refractivity contribution in [2.24, 2.45) is 0 Å². The number of carbonyl (C=O) groups is 1. The monoisotopic (exact) mass is 328 g/mol. The number of aliphatic carboxylic acids is 1. The van der Waals surface area contributed by atoms with Gasteiger partial charge in [0.2, 0.25) is 6.79 Å². The summed E-state index contributed by atoms with van der Waals surface area (Å²) in [6, 6.07) is 10.2. The minimum atomic E-state index is -1.04. The maximum atomic E-state index is 11.7. The molecule has 24 heavy (non-hydrogen) atoms. The number of benzene rings is 2. The van der Waals surface area contributed by atoms with Gasteiger partial charge < -0.3 is 24.1 Å². The van der Waals surface area contributed by atoms with Crippen LogP contribution < -0.4 is 18.9 Å². The Morgan fingerprint density at radius 1 is 1.04 bits per heavy atom. The average Bonchev–Trinajstić information content (AvgIpc) is 3.06. The molecule has 1 N–H and O–H groups in total. The molecule has 1 aliphatic rings. The molecular formula is C18H16O6. The lowest BCUT2D eigenvalue weighted by molar-refractivity contribution is -0.130. The fourth-order valence-corrected chi connectivity index (χ4v) is 2.44. The fraction of sp³-hybridized carbons (Fsp3) is 0.167. The Kier molecular flexibility index (Phi) is 4.29. The van der Waals surface area contributed by atoms with Crippen LogP contribution in [0.4, 0.5) is 0 Å². The van der Waals surface area contributed by atoms with Crippen molar-refractivity contribution < 1.29 is 28.8 Å². The Morgan fingerprint density at radius 2 is 1.79 bits per heavy atom. The summed E-state index contributed by atoms with van der Waals surface area (Å²) in [6.07, 6.45) is 1.57. The van der Waals surface area contributed by atoms with Crippen LogP contribution in [0.2, 0.25) is 0 Å². The first-order valence-corrected chi connectivity index (χ1v) is 7.19. The van der Waals surface area contributed by atoms with E-state index in [4.69, 9.17) is 18.9 Å². The van der Waals surface area contributed by atoms with E-state index < -0.39 is 5.97 Å². The lowest BCUT2D eigenvalue weighted by Crippen LogP contribution is -2.00. The highest BCUT2D eigenvalue weighted by atomic mass is 16.7. The molecule has 0 radical (unpaired) electrons. The summed E-state index contributed by atoms with van der Waals surface area (Å²) >= 11 is 0. The molecule has 3 rings (SSSR count). The zero-order valence-electron chi connectivity index (χ0n) is 13.2. The zero-order chi connectivity index (χ0) is 17.1. The lowest BCUT2D eigenvalue weighted by atomic mass is 10.0. The molecule has 0 spiro atoms. The van der Waals surface area contributed by atoms with Crippen LogP contribution in [0.1, 0.15) is 11.1 Å². The molecule has 0 aliphatic carbocycles. The van der Waals surface area contributed by atoms with Gasteiger partial charge >= 0.3 is 5.97 Å². The third-order valence-electron chi connectivity index (χ3n) is 3.63. The predicted molar refractivity (Wildman–Crippen MR) is 87.6 cm³/mol. The first-order valence-electron chi connectivity index (χ1n) is 7.19. The number of ether oxygens (including phenoxy) is 4. The summed E-state index contributed by atoms with van der Waals surface area (Å²) in [6.45, 7) is 0.139. The van der Waals surface area contributed by atoms with E-state index in [1.165, 1.54) is 7.11 Å². The SMILES string of the molecule is COc1ccc(/C=C(\C(=O)O)c2ccc3c(c2)OCO3)cc1OC. The Balaban J connectivity index is 2.02. The number of hydrogen-bond donors (Lipinski definition) is 1. The van der Waals surface area contributed by atoms with Crippen molar-refractivity contribution in [2.75, 3.05) is 21.0 Å². The molecule has 0 aromatic heterocycles. The molecule has 0 atom stereocenters. The van der Waals surface area contributed by atoms with Crippen LogP contribution in [0.5, 0.6) is 23.0 Å². The molecule has 0 bridgehead atoms. The van der Waals surface area contributed by atoms with E-state index in [1.54, 1.807) is 49.6 Å². The molecule has 2 aromatic carbocycles. The number of carboxylic acids is 1. The second-order valence-electron chi connectivity index (χ2n) is 5.05. The van der Waals surface area contributed by atoms with Gasteiger partial charge in [0.1, 0.15) is 0 Å². The van der Waals surface area contributed by atoms with E-state index in [-0.39, 0.29) is 12.4 Å². The maximum Gasteiger partial charge on any atom is 0.336 e. The van der Waals surface area contributed by atoms with Gasteiger partial charge in [0.15, 0.2) is 23.0 Å². The van der Waals surface area contributed by atoms with Crippen LogP contribution >= 0.6 is 0 Å². The largest absolute Gasteiger partial charge is 0.493 e. The molecule has 0 amide bonds. The maximum absolute atomic E-state index is 11.7. The molecule has 0 saturated carbocycles. The standard InChI is InChI=1S/C18H16O6/c1-21-14-5-3-11(8-16(14)22-2)7-13(18(19)20)12-4-6-15-17(9-12)24-10-23-15/h3-9H,10H2,1-2H3,(H,19,20)/b13-7-. The van der Waals surface area contributed by atoms with E-state index in [0.29, 0.717) is 34.1 Å². The van der Waals surface area contributed by atoms with Gasteiger partial charge in [-0.1, -0.05) is 12.1 Å². The van der Waals surface area contributed by atoms with Crippen LogP contribution in [0.25, 0.3) is 11.6 Å². The number of fused-ring (bicyclic) bond motifs is 1. The predicted octanol–water partition coefficient (Wildman–Crippen LogP) is 3.06. The fourth-order valence-electron chi connectivity index (χ4n) is 2.44. The molecule has 6 nitrogen and oxygen atoms in total. The quantitative estimate of drug-likeness (QED) is 0.672. The summed E-state index contributed by atoms with van der Waals surface area (Å²) in [7, 11) is 3.07. The van der Waals surface area contributed by atoms with Crippen LogP contribution in [-0.2, 0) is 4.79 Å². The highest BCUT2D eigenvalue weighted by Gasteiger charge is 2.18. The normalized spacial score (nSPS) is 12.8. The first-order chi connectivity index (χ1) is 11.6. The van der Waals surface area contributed by atoms with Gasteiger partial charge in [-0.3, -0.25) is 0 Å². The topological polar surface area (TPSA) is 74.2 Å². The molecule has 6 heteroatoms. The second-order valence-corrected chi connectivity index (χ2v) is 5.05. The van der Waals surface area contributed by atoms with Crippen molar-refractivity contribution in [1.29, 1.82) is 0 Å². The zero-order valence-corrected chi connectivity index (χ0v) is 13.2. The van der Waals surface area contributed by atoms with Gasteiger partial charge in [-0.15, -0.1) is 0 Å². The number of rotatable bonds is 5. The van der Waals surface area contributed by atoms with Crippen LogP contribution in [0, 0.1) is 0 Å². The summed E-state index contributed by atoms with van der Waals surface area (Å²) < 4.78 is 21.0. The van der Waals surface area contributed by atoms with Gasteiger partial charge in [-0.05, 0) is 41.5 Å². The van der Waals surface area contributed by atoms with Crippen molar-refractivity contribution >= 4 is 17.6 Å². The van der Waals surface area contributed by atoms with E-state index in [9.17, 15) is 9.90 Å². The summed E-state index contributed by atoms with van der Waals surface area (Å²) in [4.78, 5) is 11.7. The molecule has 124 valence electrons. The van der Waals surface area contributed by atoms with Crippen LogP contribution in [0.15, 0.2) is 36.4 Å². The van der Waals surface area contributed by atoms with E-state index in [1.807, 2.05) is 0 Å². The smallest absolute Gasteiger partial charge is 0.336 e. The summed E-state index contributed by atoms with van der Waals surface area (Å²) in [5, 5.41) is 9.57. The summed E-state index contributed by atoms with van der Waals surface area (Å²) in [5.74, 6) is 1.21. The molecular weight excluding hydrogens is 312 g/mol. The second kappa shape index (κ2) is 6.54. The van der Waals surface area contributed by atoms with Crippen molar-refractivity contribution in [3.05, 3.63) is 47.5 Å². The minimum absolute atomic E-state index is 0.139. The molecule has 1 heterocycles. The van der Waals surface area contributed by atoms with Gasteiger partial charge in [-0.2, -0.15) is 0 Å². The van der Waals surface area contributed by atoms with Gasteiger partial charge in [-0.25, -0.2) is 4.79 Å². The molecule has 2 aromatic rings. The van der Waals surface area contributed by atoms with Gasteiger partial charge in [0.25, 0.3) is 0 Å². The molecule has 0 fully saturated rings. The number of carboxylic acid groups (broad SMARTS) is 1. The third-order valence-corrected chi connectivity index (χ3v) is 3.63. The third kappa shape index (κ3) is 2.99. The number of hydrogen-bond acceptors (Lipinski definition) is 5. The van der Waals surface area contributed by atoms with Crippen molar-refractivity contribution in [3.63, 3.8) is 0 Å². The highest BCUT2D eigenvalue weighted by Crippen LogP contribution is 2.35. The van der Waals surface area contributed by atoms with E-state index >= 15 is 0 Å². The van der Waals surface area contributed by atoms with Crippen LogP contribution in [-0.4, -0.2) is 32.1 Å². The Labute approximate surface area is 138 Å². The van der Waals surface area contributed by atoms with Crippen molar-refractivity contribution in [1.82, 2.24) is 0 Å². The Bertz CT molecular complexity index is 809. The Hall–Kier alpha value is -3.15. The van der Waals surface area contributed by atoms with Crippen molar-refractivity contribution in [3.8, 4) is 23.0 Å². The van der Waals surface area contributed by atoms with E-state index in [0.717, 1.165) is 0 Å². The molecule has 1 aliphatic heterocycles. The van der Waals surface area contributed by atoms with Crippen LogP contribution in [0.3, 0.4) is 0 Å². The first kappa shape index (κ1) is 15.7. The van der Waals surface area contributed by atoms with Gasteiger partial charge in [0, 0.05) is 0 Å². The van der Waals surface area contributed by atoms with Gasteiger partial charge in [0.05, 0.1) is 19.8 Å². The summed E-state index contributed by atoms with van der Waals surface area (Å²) in [5.41, 5.74) is 1.35. The lowest BCUT2D eigenvalue weighted by Gasteiger charge is -2.09.